The summed E-state index contributed by atoms with van der Waals surface area (Å²) in [6, 6.07) is 7.74. The fraction of sp³-hybridized carbons (Fsp3) is 0.292. The van der Waals surface area contributed by atoms with Crippen molar-refractivity contribution in [3.63, 3.8) is 0 Å². The maximum absolute atomic E-state index is 14.4. The number of carbonyl (C=O) groups excluding carboxylic acids is 1. The minimum atomic E-state index is -0.467. The van der Waals surface area contributed by atoms with Gasteiger partial charge in [-0.15, -0.1) is 0 Å². The van der Waals surface area contributed by atoms with Crippen molar-refractivity contribution < 1.29 is 13.9 Å². The van der Waals surface area contributed by atoms with E-state index in [1.807, 2.05) is 24.3 Å². The van der Waals surface area contributed by atoms with Crippen molar-refractivity contribution in [2.75, 3.05) is 32.6 Å². The molecule has 1 aromatic carbocycles. The third-order valence-electron chi connectivity index (χ3n) is 5.10. The van der Waals surface area contributed by atoms with Crippen LogP contribution in [0.1, 0.15) is 23.6 Å². The number of benzene rings is 1. The zero-order chi connectivity index (χ0) is 22.2. The Hall–Kier alpha value is -3.16. The van der Waals surface area contributed by atoms with Gasteiger partial charge in [0, 0.05) is 69.1 Å². The topological polar surface area (TPSA) is 66.8 Å². The van der Waals surface area contributed by atoms with Crippen LogP contribution >= 0.6 is 0 Å². The van der Waals surface area contributed by atoms with Crippen molar-refractivity contribution in [3.8, 4) is 0 Å². The predicted molar refractivity (Wildman–Crippen MR) is 122 cm³/mol. The zero-order valence-corrected chi connectivity index (χ0v) is 18.0. The van der Waals surface area contributed by atoms with Crippen molar-refractivity contribution in [2.24, 2.45) is 4.99 Å². The number of anilines is 1. The molecular weight excluding hydrogens is 395 g/mol. The van der Waals surface area contributed by atoms with Crippen molar-refractivity contribution in [2.45, 2.75) is 19.6 Å². The molecule has 1 aliphatic rings. The van der Waals surface area contributed by atoms with Crippen molar-refractivity contribution >= 4 is 29.5 Å². The first-order valence-corrected chi connectivity index (χ1v) is 10.1. The fourth-order valence-corrected chi connectivity index (χ4v) is 3.41. The number of halogens is 1. The van der Waals surface area contributed by atoms with Crippen molar-refractivity contribution in [1.29, 1.82) is 0 Å². The lowest BCUT2D eigenvalue weighted by Crippen LogP contribution is -2.50. The van der Waals surface area contributed by atoms with Gasteiger partial charge in [-0.05, 0) is 36.3 Å². The number of hydrogen-bond donors (Lipinski definition) is 1. The third kappa shape index (κ3) is 5.93. The molecule has 1 N–H and O–H groups in total. The number of aromatic nitrogens is 1. The maximum Gasteiger partial charge on any atom is 0.248 e. The Kier molecular flexibility index (Phi) is 7.81. The summed E-state index contributed by atoms with van der Waals surface area (Å²) in [4.78, 5) is 22.5. The first kappa shape index (κ1) is 22.5. The van der Waals surface area contributed by atoms with E-state index in [1.54, 1.807) is 39.4 Å². The normalized spacial score (nSPS) is 15.5. The summed E-state index contributed by atoms with van der Waals surface area (Å²) in [7, 11) is 3.36. The van der Waals surface area contributed by atoms with Gasteiger partial charge in [-0.25, -0.2) is 4.39 Å². The first-order valence-electron chi connectivity index (χ1n) is 10.1. The monoisotopic (exact) mass is 422 g/mol. The van der Waals surface area contributed by atoms with E-state index < -0.39 is 5.82 Å². The quantitative estimate of drug-likeness (QED) is 0.519. The minimum Gasteiger partial charge on any atom is -0.379 e. The molecule has 6 nitrogen and oxygen atoms in total. The molecule has 0 spiro atoms. The number of rotatable bonds is 8. The lowest BCUT2D eigenvalue weighted by molar-refractivity contribution is -0.111. The number of aliphatic imine (C=N–C) groups is 1. The molecule has 0 saturated carbocycles. The molecule has 0 aliphatic carbocycles. The highest BCUT2D eigenvalue weighted by atomic mass is 19.1. The van der Waals surface area contributed by atoms with Crippen LogP contribution in [0.2, 0.25) is 0 Å². The van der Waals surface area contributed by atoms with Crippen LogP contribution in [0, 0.1) is 5.82 Å². The Bertz CT molecular complexity index is 993. The second-order valence-electron chi connectivity index (χ2n) is 7.29. The van der Waals surface area contributed by atoms with Gasteiger partial charge >= 0.3 is 0 Å². The molecule has 2 aromatic rings. The van der Waals surface area contributed by atoms with Crippen LogP contribution in [0.5, 0.6) is 0 Å². The Morgan fingerprint density at radius 1 is 1.32 bits per heavy atom. The van der Waals surface area contributed by atoms with E-state index >= 15 is 0 Å². The van der Waals surface area contributed by atoms with Crippen LogP contribution in [-0.4, -0.2) is 55.4 Å². The average molecular weight is 423 g/mol. The van der Waals surface area contributed by atoms with Gasteiger partial charge in [0.25, 0.3) is 0 Å². The molecule has 1 saturated heterocycles. The van der Waals surface area contributed by atoms with Gasteiger partial charge in [-0.2, -0.15) is 0 Å². The summed E-state index contributed by atoms with van der Waals surface area (Å²) < 4.78 is 19.7. The molecule has 2 heterocycles. The maximum atomic E-state index is 14.4. The molecule has 31 heavy (non-hydrogen) atoms. The first-order chi connectivity index (χ1) is 15.0. The minimum absolute atomic E-state index is 0.306. The number of pyridine rings is 1. The highest BCUT2D eigenvalue weighted by Crippen LogP contribution is 2.22. The molecule has 0 radical (unpaired) electrons. The largest absolute Gasteiger partial charge is 0.379 e. The Balaban J connectivity index is 1.63. The van der Waals surface area contributed by atoms with Crippen LogP contribution < -0.4 is 5.32 Å². The number of carbonyl (C=O) groups is 1. The number of nitrogens with zero attached hydrogens (tertiary/aromatic N) is 3. The standard InChI is InChI=1S/C24H27FN4O2/c1-4-18(11-26-2)24-19(12-27-13-22(24)25)7-10-23(30)28-20-8-5-17(6-9-20)14-29-15-21(16-29)31-3/h4-13,21H,14-16H2,1-3H3,(H,28,30)/b10-7+,18-4+,26-11?. The Morgan fingerprint density at radius 2 is 2.06 bits per heavy atom. The van der Waals surface area contributed by atoms with E-state index in [1.165, 1.54) is 17.8 Å². The average Bonchev–Trinajstić information content (AvgIpc) is 2.74. The fourth-order valence-electron chi connectivity index (χ4n) is 3.41. The molecule has 1 amide bonds. The second kappa shape index (κ2) is 10.7. The summed E-state index contributed by atoms with van der Waals surface area (Å²) in [6.45, 7) is 4.54. The number of likely N-dealkylation sites (tertiary alicyclic amines) is 1. The smallest absolute Gasteiger partial charge is 0.248 e. The van der Waals surface area contributed by atoms with Gasteiger partial charge in [-0.3, -0.25) is 19.7 Å². The summed E-state index contributed by atoms with van der Waals surface area (Å²) in [5, 5.41) is 2.82. The van der Waals surface area contributed by atoms with Gasteiger partial charge < -0.3 is 10.1 Å². The zero-order valence-electron chi connectivity index (χ0n) is 18.0. The van der Waals surface area contributed by atoms with Gasteiger partial charge in [0.15, 0.2) is 0 Å². The molecule has 1 aromatic heterocycles. The number of hydrogen-bond acceptors (Lipinski definition) is 5. The molecule has 3 rings (SSSR count). The highest BCUT2D eigenvalue weighted by Gasteiger charge is 2.25. The Morgan fingerprint density at radius 3 is 2.71 bits per heavy atom. The van der Waals surface area contributed by atoms with E-state index in [4.69, 9.17) is 4.74 Å². The number of amides is 1. The number of ether oxygens (including phenoxy) is 1. The summed E-state index contributed by atoms with van der Waals surface area (Å²) >= 11 is 0. The highest BCUT2D eigenvalue weighted by molar-refractivity contribution is 6.11. The summed E-state index contributed by atoms with van der Waals surface area (Å²) in [5.74, 6) is -0.773. The second-order valence-corrected chi connectivity index (χ2v) is 7.29. The van der Waals surface area contributed by atoms with Crippen LogP contribution in [0.3, 0.4) is 0 Å². The molecule has 0 unspecified atom stereocenters. The van der Waals surface area contributed by atoms with Crippen molar-refractivity contribution in [1.82, 2.24) is 9.88 Å². The lowest BCUT2D eigenvalue weighted by atomic mass is 10.0. The third-order valence-corrected chi connectivity index (χ3v) is 5.10. The number of allylic oxidation sites excluding steroid dienone is 2. The van der Waals surface area contributed by atoms with E-state index in [0.717, 1.165) is 25.8 Å². The van der Waals surface area contributed by atoms with E-state index in [2.05, 4.69) is 20.2 Å². The number of nitrogens with one attached hydrogen (secondary N) is 1. The lowest BCUT2D eigenvalue weighted by Gasteiger charge is -2.38. The van der Waals surface area contributed by atoms with Crippen LogP contribution in [0.15, 0.2) is 53.8 Å². The molecule has 0 bridgehead atoms. The summed E-state index contributed by atoms with van der Waals surface area (Å²) in [5.41, 5.74) is 3.36. The van der Waals surface area contributed by atoms with E-state index in [0.29, 0.717) is 28.5 Å². The number of methoxy groups -OCH3 is 1. The van der Waals surface area contributed by atoms with Crippen LogP contribution in [0.4, 0.5) is 10.1 Å². The molecular formula is C24H27FN4O2. The van der Waals surface area contributed by atoms with Gasteiger partial charge in [0.2, 0.25) is 5.91 Å². The van der Waals surface area contributed by atoms with Gasteiger partial charge in [-0.1, -0.05) is 18.2 Å². The molecule has 0 atom stereocenters. The van der Waals surface area contributed by atoms with E-state index in [9.17, 15) is 9.18 Å². The Labute approximate surface area is 182 Å². The predicted octanol–water partition coefficient (Wildman–Crippen LogP) is 3.81. The van der Waals surface area contributed by atoms with E-state index in [-0.39, 0.29) is 5.91 Å². The van der Waals surface area contributed by atoms with Gasteiger partial charge in [0.05, 0.1) is 12.3 Å². The molecule has 162 valence electrons. The van der Waals surface area contributed by atoms with Crippen LogP contribution in [-0.2, 0) is 16.1 Å². The molecule has 1 aliphatic heterocycles. The van der Waals surface area contributed by atoms with Crippen molar-refractivity contribution in [3.05, 3.63) is 71.3 Å². The SMILES string of the molecule is C/C=C(\C=NC)c1c(F)cncc1/C=C/C(=O)Nc1ccc(CN2CC(OC)C2)cc1. The summed E-state index contributed by atoms with van der Waals surface area (Å²) in [6.07, 6.45) is 9.27. The van der Waals surface area contributed by atoms with Gasteiger partial charge in [0.1, 0.15) is 5.82 Å². The molecule has 1 fully saturated rings. The van der Waals surface area contributed by atoms with Crippen LogP contribution in [0.25, 0.3) is 11.6 Å². The molecule has 7 heteroatoms.